The Hall–Kier alpha value is -2.50. The van der Waals surface area contributed by atoms with Crippen LogP contribution in [0.25, 0.3) is 0 Å². The first-order valence-electron chi connectivity index (χ1n) is 15.1. The van der Waals surface area contributed by atoms with E-state index in [9.17, 15) is 13.6 Å². The number of ether oxygens (including phenoxy) is 2. The minimum atomic E-state index is -3.12. The van der Waals surface area contributed by atoms with E-state index in [1.54, 1.807) is 33.5 Å². The summed E-state index contributed by atoms with van der Waals surface area (Å²) in [6.45, 7) is 3.63. The highest BCUT2D eigenvalue weighted by molar-refractivity contribution is 8.00. The molecule has 3 heterocycles. The first-order chi connectivity index (χ1) is 20.8. The highest BCUT2D eigenvalue weighted by Crippen LogP contribution is 2.37. The van der Waals surface area contributed by atoms with Crippen LogP contribution < -0.4 is 0 Å². The summed E-state index contributed by atoms with van der Waals surface area (Å²) in [5, 5.41) is 0.500. The number of amides is 1. The third-order valence-electron chi connectivity index (χ3n) is 8.96. The number of halogens is 3. The van der Waals surface area contributed by atoms with Crippen LogP contribution in [-0.4, -0.2) is 87.4 Å². The number of allylic oxidation sites excluding steroid dienone is 2. The average molecular weight is 634 g/mol. The fourth-order valence-corrected chi connectivity index (χ4v) is 9.77. The van der Waals surface area contributed by atoms with Gasteiger partial charge in [0.15, 0.2) is 0 Å². The fraction of sp³-hybridized carbons (Fsp3) is 0.500. The molecule has 3 atom stereocenters. The maximum absolute atomic E-state index is 15.3. The van der Waals surface area contributed by atoms with Crippen LogP contribution in [0.15, 0.2) is 59.5 Å². The van der Waals surface area contributed by atoms with E-state index >= 15 is 4.21 Å². The number of nitrogens with zero attached hydrogens (tertiary/aromatic N) is 3. The van der Waals surface area contributed by atoms with Gasteiger partial charge in [-0.2, -0.15) is 0 Å². The molecule has 7 nitrogen and oxygen atoms in total. The maximum Gasteiger partial charge on any atom is 0.409 e. The maximum atomic E-state index is 15.3. The smallest absolute Gasteiger partial charge is 0.409 e. The number of benzene rings is 2. The molecule has 0 aromatic heterocycles. The zero-order chi connectivity index (χ0) is 30.0. The minimum absolute atomic E-state index is 0.0684. The van der Waals surface area contributed by atoms with Crippen LogP contribution in [0.3, 0.4) is 0 Å². The standard InChI is InChI=1S/C32H38ClF2N3O4S/c33-24-7-9-30(10-8-24)43(40,29-5-4-6-29)38-28(20-41-22-31(38)23-17-25(34)19-26(35)18-23)21-42-32(39)37-15-11-27(12-16-37)36-13-2-1-3-14-36/h4-5,7-10,17-19,27-28,31H,1-3,6,11-16,20-22H2/t28-,31-,43?/m0/s1. The van der Waals surface area contributed by atoms with Crippen LogP contribution in [0.5, 0.6) is 0 Å². The highest BCUT2D eigenvalue weighted by atomic mass is 35.5. The first-order valence-corrected chi connectivity index (χ1v) is 17.0. The Kier molecular flexibility index (Phi) is 9.40. The number of hydrogen-bond donors (Lipinski definition) is 0. The molecule has 43 heavy (non-hydrogen) atoms. The van der Waals surface area contributed by atoms with E-state index in [2.05, 4.69) is 4.90 Å². The predicted molar refractivity (Wildman–Crippen MR) is 164 cm³/mol. The van der Waals surface area contributed by atoms with Crippen molar-refractivity contribution in [1.29, 1.82) is 0 Å². The van der Waals surface area contributed by atoms with Crippen LogP contribution in [-0.2, 0) is 19.2 Å². The van der Waals surface area contributed by atoms with Gasteiger partial charge in [0.25, 0.3) is 0 Å². The molecule has 0 bridgehead atoms. The summed E-state index contributed by atoms with van der Waals surface area (Å²) in [4.78, 5) is 18.8. The van der Waals surface area contributed by atoms with Crippen molar-refractivity contribution in [2.24, 2.45) is 0 Å². The van der Waals surface area contributed by atoms with Gasteiger partial charge in [-0.15, -0.1) is 0 Å². The Labute approximate surface area is 257 Å². The molecule has 1 unspecified atom stereocenters. The van der Waals surface area contributed by atoms with Crippen molar-refractivity contribution in [3.8, 4) is 0 Å². The number of piperidine rings is 2. The van der Waals surface area contributed by atoms with Crippen LogP contribution in [0.4, 0.5) is 13.6 Å². The quantitative estimate of drug-likeness (QED) is 0.374. The van der Waals surface area contributed by atoms with Crippen LogP contribution in [0.2, 0.25) is 5.02 Å². The number of likely N-dealkylation sites (tertiary alicyclic amines) is 2. The molecule has 6 rings (SSSR count). The zero-order valence-electron chi connectivity index (χ0n) is 24.1. The molecule has 1 aliphatic carbocycles. The number of carbonyl (C=O) groups is 1. The number of hydrogen-bond acceptors (Lipinski definition) is 5. The summed E-state index contributed by atoms with van der Waals surface area (Å²) in [6.07, 6.45) is 9.42. The van der Waals surface area contributed by atoms with Gasteiger partial charge in [0.1, 0.15) is 18.2 Å². The minimum Gasteiger partial charge on any atom is -0.448 e. The molecule has 0 radical (unpaired) electrons. The Bertz CT molecular complexity index is 1450. The molecule has 3 aliphatic heterocycles. The van der Waals surface area contributed by atoms with Crippen LogP contribution in [0, 0.1) is 11.6 Å². The molecular weight excluding hydrogens is 596 g/mol. The van der Waals surface area contributed by atoms with Crippen LogP contribution >= 0.6 is 11.6 Å². The number of morpholine rings is 1. The van der Waals surface area contributed by atoms with Crippen molar-refractivity contribution in [3.05, 3.63) is 76.8 Å². The lowest BCUT2D eigenvalue weighted by Gasteiger charge is -2.45. The van der Waals surface area contributed by atoms with Crippen molar-refractivity contribution in [2.45, 2.75) is 61.5 Å². The second-order valence-electron chi connectivity index (χ2n) is 11.7. The summed E-state index contributed by atoms with van der Waals surface area (Å²) in [5.41, 5.74) is 0.305. The molecule has 3 fully saturated rings. The molecule has 232 valence electrons. The van der Waals surface area contributed by atoms with Gasteiger partial charge < -0.3 is 19.3 Å². The molecule has 11 heteroatoms. The summed E-state index contributed by atoms with van der Waals surface area (Å²) in [5.74, 6) is -1.46. The van der Waals surface area contributed by atoms with Crippen molar-refractivity contribution in [2.75, 3.05) is 46.0 Å². The summed E-state index contributed by atoms with van der Waals surface area (Å²) in [7, 11) is -3.12. The first kappa shape index (κ1) is 30.5. The molecule has 3 saturated heterocycles. The number of rotatable bonds is 6. The SMILES string of the molecule is O=C(OC[C@@H]1COC[C@@H](c2cc(F)cc(F)c2)N1S(=O)(=C1C=CC1)c1ccc(Cl)cc1)N1CCC(N2CCCCC2)CC1. The van der Waals surface area contributed by atoms with Crippen molar-refractivity contribution >= 4 is 32.3 Å². The molecular formula is C32H38ClF2N3O4S. The largest absolute Gasteiger partial charge is 0.448 e. The Morgan fingerprint density at radius 2 is 1.65 bits per heavy atom. The van der Waals surface area contributed by atoms with Crippen LogP contribution in [0.1, 0.15) is 50.1 Å². The molecule has 0 spiro atoms. The van der Waals surface area contributed by atoms with E-state index < -0.39 is 39.5 Å². The molecule has 0 N–H and O–H groups in total. The topological polar surface area (TPSA) is 62.3 Å². The molecule has 2 aromatic rings. The Balaban J connectivity index is 1.26. The Morgan fingerprint density at radius 3 is 2.28 bits per heavy atom. The highest BCUT2D eigenvalue weighted by Gasteiger charge is 2.42. The zero-order valence-corrected chi connectivity index (χ0v) is 25.7. The molecule has 0 saturated carbocycles. The van der Waals surface area contributed by atoms with E-state index in [0.29, 0.717) is 45.9 Å². The van der Waals surface area contributed by atoms with Gasteiger partial charge in [-0.3, -0.25) is 0 Å². The van der Waals surface area contributed by atoms with E-state index in [1.807, 2.05) is 12.2 Å². The van der Waals surface area contributed by atoms with E-state index in [4.69, 9.17) is 21.1 Å². The lowest BCUT2D eigenvalue weighted by molar-refractivity contribution is -0.0304. The molecule has 2 aromatic carbocycles. The van der Waals surface area contributed by atoms with Gasteiger partial charge in [-0.25, -0.2) is 22.1 Å². The van der Waals surface area contributed by atoms with E-state index in [-0.39, 0.29) is 19.8 Å². The monoisotopic (exact) mass is 633 g/mol. The van der Waals surface area contributed by atoms with Crippen molar-refractivity contribution in [1.82, 2.24) is 14.1 Å². The Morgan fingerprint density at radius 1 is 0.977 bits per heavy atom. The van der Waals surface area contributed by atoms with Gasteiger partial charge >= 0.3 is 6.09 Å². The van der Waals surface area contributed by atoms with Gasteiger partial charge in [0, 0.05) is 40.0 Å². The third-order valence-corrected chi connectivity index (χ3v) is 12.3. The summed E-state index contributed by atoms with van der Waals surface area (Å²) >= 11 is 6.18. The second kappa shape index (κ2) is 13.2. The number of carbonyl (C=O) groups excluding carboxylic acids is 1. The van der Waals surface area contributed by atoms with E-state index in [0.717, 1.165) is 32.0 Å². The average Bonchev–Trinajstić information content (AvgIpc) is 2.99. The van der Waals surface area contributed by atoms with Gasteiger partial charge in [-0.1, -0.05) is 30.2 Å². The summed E-state index contributed by atoms with van der Waals surface area (Å²) < 4.78 is 57.8. The van der Waals surface area contributed by atoms with Gasteiger partial charge in [0.05, 0.1) is 35.0 Å². The summed E-state index contributed by atoms with van der Waals surface area (Å²) in [6, 6.07) is 9.20. The second-order valence-corrected chi connectivity index (χ2v) is 14.6. The predicted octanol–water partition coefficient (Wildman–Crippen LogP) is 5.84. The normalized spacial score (nSPS) is 25.3. The fourth-order valence-electron chi connectivity index (χ4n) is 6.64. The molecule has 1 amide bonds. The lowest BCUT2D eigenvalue weighted by atomic mass is 10.0. The van der Waals surface area contributed by atoms with E-state index in [1.165, 1.54) is 31.4 Å². The van der Waals surface area contributed by atoms with Crippen molar-refractivity contribution < 1.29 is 27.3 Å². The lowest BCUT2D eigenvalue weighted by Crippen LogP contribution is -2.54. The van der Waals surface area contributed by atoms with Gasteiger partial charge in [0.2, 0.25) is 0 Å². The third kappa shape index (κ3) is 6.49. The van der Waals surface area contributed by atoms with Gasteiger partial charge in [-0.05, 0) is 87.2 Å². The molecule has 4 aliphatic rings. The van der Waals surface area contributed by atoms with Crippen molar-refractivity contribution in [3.63, 3.8) is 0 Å².